The number of hydrogen-bond donors (Lipinski definition) is 0. The summed E-state index contributed by atoms with van der Waals surface area (Å²) in [6.07, 6.45) is 11.9. The first-order valence-corrected chi connectivity index (χ1v) is 10.5. The molecule has 0 unspecified atom stereocenters. The molecule has 8 heteroatoms. The average molecular weight is 430 g/mol. The largest absolute Gasteiger partial charge is 0.480 e. The highest BCUT2D eigenvalue weighted by Gasteiger charge is 2.22. The number of hydrogen-bond acceptors (Lipinski definition) is 6. The number of nitrogens with zero attached hydrogens (tertiary/aromatic N) is 4. The highest BCUT2D eigenvalue weighted by Crippen LogP contribution is 2.32. The van der Waals surface area contributed by atoms with E-state index in [-0.39, 0.29) is 23.8 Å². The van der Waals surface area contributed by atoms with Gasteiger partial charge in [-0.15, -0.1) is 6.42 Å². The van der Waals surface area contributed by atoms with Gasteiger partial charge in [-0.2, -0.15) is 9.78 Å². The van der Waals surface area contributed by atoms with Crippen LogP contribution in [0.1, 0.15) is 49.4 Å². The Morgan fingerprint density at radius 1 is 1.25 bits per heavy atom. The number of non-ortho nitro benzene ring substituents is 1. The first-order chi connectivity index (χ1) is 15.6. The number of ether oxygens (including phenoxy) is 1. The van der Waals surface area contributed by atoms with Gasteiger partial charge < -0.3 is 4.74 Å². The van der Waals surface area contributed by atoms with Gasteiger partial charge in [0.15, 0.2) is 0 Å². The van der Waals surface area contributed by atoms with Crippen LogP contribution >= 0.6 is 0 Å². The summed E-state index contributed by atoms with van der Waals surface area (Å²) in [5.74, 6) is 3.45. The van der Waals surface area contributed by atoms with Crippen molar-refractivity contribution in [3.05, 3.63) is 74.3 Å². The summed E-state index contributed by atoms with van der Waals surface area (Å²) >= 11 is 0. The lowest BCUT2D eigenvalue weighted by Crippen LogP contribution is -2.25. The summed E-state index contributed by atoms with van der Waals surface area (Å²) in [6, 6.07) is 11.3. The molecule has 0 N–H and O–H groups in total. The van der Waals surface area contributed by atoms with E-state index >= 15 is 0 Å². The predicted octanol–water partition coefficient (Wildman–Crippen LogP) is 4.25. The molecule has 0 bridgehead atoms. The number of para-hydroxylation sites is 1. The Balaban J connectivity index is 1.84. The summed E-state index contributed by atoms with van der Waals surface area (Å²) in [5, 5.41) is 16.1. The highest BCUT2D eigenvalue weighted by molar-refractivity contribution is 5.85. The average Bonchev–Trinajstić information content (AvgIpc) is 2.82. The molecular weight excluding hydrogens is 408 g/mol. The number of aromatic nitrogens is 2. The minimum atomic E-state index is -0.500. The minimum absolute atomic E-state index is 0.00343. The van der Waals surface area contributed by atoms with Crippen LogP contribution in [0.15, 0.2) is 52.4 Å². The molecule has 0 atom stereocenters. The third kappa shape index (κ3) is 4.37. The number of nitro groups is 1. The Morgan fingerprint density at radius 2 is 2.03 bits per heavy atom. The molecule has 0 spiro atoms. The van der Waals surface area contributed by atoms with E-state index < -0.39 is 4.92 Å². The molecule has 4 rings (SSSR count). The van der Waals surface area contributed by atoms with E-state index in [0.717, 1.165) is 25.7 Å². The van der Waals surface area contributed by atoms with Crippen LogP contribution in [0.5, 0.6) is 5.75 Å². The quantitative estimate of drug-likeness (QED) is 0.252. The lowest BCUT2D eigenvalue weighted by atomic mass is 9.88. The number of terminal acetylenes is 1. The third-order valence-corrected chi connectivity index (χ3v) is 5.58. The van der Waals surface area contributed by atoms with Crippen LogP contribution in [0.2, 0.25) is 0 Å². The molecule has 0 amide bonds. The molecule has 1 heterocycles. The molecular formula is C24H22N4O4. The highest BCUT2D eigenvalue weighted by atomic mass is 16.6. The van der Waals surface area contributed by atoms with E-state index in [1.165, 1.54) is 35.5 Å². The molecule has 0 aliphatic heterocycles. The second kappa shape index (κ2) is 9.43. The normalized spacial score (nSPS) is 14.5. The van der Waals surface area contributed by atoms with Gasteiger partial charge in [0.05, 0.1) is 22.0 Å². The molecule has 1 aliphatic rings. The molecule has 1 aliphatic carbocycles. The zero-order chi connectivity index (χ0) is 22.5. The second-order valence-corrected chi connectivity index (χ2v) is 7.66. The zero-order valence-electron chi connectivity index (χ0n) is 17.4. The topological polar surface area (TPSA) is 99.6 Å². The Hall–Kier alpha value is -3.99. The van der Waals surface area contributed by atoms with Crippen molar-refractivity contribution in [3.8, 4) is 18.1 Å². The monoisotopic (exact) mass is 430 g/mol. The van der Waals surface area contributed by atoms with Gasteiger partial charge in [0.25, 0.3) is 11.2 Å². The minimum Gasteiger partial charge on any atom is -0.480 e. The second-order valence-electron chi connectivity index (χ2n) is 7.66. The van der Waals surface area contributed by atoms with Crippen LogP contribution in [0, 0.1) is 22.5 Å². The van der Waals surface area contributed by atoms with Crippen molar-refractivity contribution in [2.75, 3.05) is 6.61 Å². The molecule has 3 aromatic rings. The molecule has 1 saturated carbocycles. The maximum absolute atomic E-state index is 13.3. The van der Waals surface area contributed by atoms with E-state index in [1.807, 2.05) is 12.1 Å². The summed E-state index contributed by atoms with van der Waals surface area (Å²) < 4.78 is 6.83. The van der Waals surface area contributed by atoms with Crippen molar-refractivity contribution in [2.45, 2.75) is 38.0 Å². The Labute approximate surface area is 184 Å². The summed E-state index contributed by atoms with van der Waals surface area (Å²) in [4.78, 5) is 28.8. The smallest absolute Gasteiger partial charge is 0.282 e. The predicted molar refractivity (Wildman–Crippen MR) is 122 cm³/mol. The van der Waals surface area contributed by atoms with Crippen LogP contribution in [0.25, 0.3) is 10.9 Å². The van der Waals surface area contributed by atoms with Gasteiger partial charge in [-0.1, -0.05) is 37.3 Å². The van der Waals surface area contributed by atoms with Crippen LogP contribution < -0.4 is 10.3 Å². The molecule has 0 saturated heterocycles. The molecule has 162 valence electrons. The van der Waals surface area contributed by atoms with E-state index in [1.54, 1.807) is 12.1 Å². The van der Waals surface area contributed by atoms with Gasteiger partial charge in [0.1, 0.15) is 18.2 Å². The maximum atomic E-state index is 13.3. The van der Waals surface area contributed by atoms with Gasteiger partial charge >= 0.3 is 0 Å². The standard InChI is InChI=1S/C24H22N4O4/c1-2-14-32-22-13-12-19(28(30)31)15-18(22)16-25-27-23(17-8-4-3-5-9-17)26-21-11-7-6-10-20(21)24(27)29/h1,6-7,10-13,15-17H,3-5,8-9,14H2. The molecule has 32 heavy (non-hydrogen) atoms. The zero-order valence-corrected chi connectivity index (χ0v) is 17.4. The molecule has 1 aromatic heterocycles. The first kappa shape index (κ1) is 21.2. The number of fused-ring (bicyclic) bond motifs is 1. The Kier molecular flexibility index (Phi) is 6.26. The van der Waals surface area contributed by atoms with Crippen LogP contribution in [0.3, 0.4) is 0 Å². The van der Waals surface area contributed by atoms with E-state index in [4.69, 9.17) is 16.1 Å². The Morgan fingerprint density at radius 3 is 2.78 bits per heavy atom. The maximum Gasteiger partial charge on any atom is 0.282 e. The SMILES string of the molecule is C#CCOc1ccc([N+](=O)[O-])cc1C=Nn1c(C2CCCCC2)nc2ccccc2c1=O. The van der Waals surface area contributed by atoms with Crippen molar-refractivity contribution < 1.29 is 9.66 Å². The van der Waals surface area contributed by atoms with Crippen LogP contribution in [0.4, 0.5) is 5.69 Å². The molecule has 0 radical (unpaired) electrons. The molecule has 1 fully saturated rings. The van der Waals surface area contributed by atoms with E-state index in [0.29, 0.717) is 28.0 Å². The van der Waals surface area contributed by atoms with Crippen molar-refractivity contribution in [1.82, 2.24) is 9.66 Å². The fourth-order valence-electron chi connectivity index (χ4n) is 4.00. The third-order valence-electron chi connectivity index (χ3n) is 5.58. The van der Waals surface area contributed by atoms with Crippen molar-refractivity contribution in [2.24, 2.45) is 5.10 Å². The van der Waals surface area contributed by atoms with Gasteiger partial charge in [-0.05, 0) is 31.0 Å². The van der Waals surface area contributed by atoms with Crippen LogP contribution in [-0.4, -0.2) is 27.4 Å². The van der Waals surface area contributed by atoms with Crippen molar-refractivity contribution in [1.29, 1.82) is 0 Å². The Bertz CT molecular complexity index is 1280. The lowest BCUT2D eigenvalue weighted by molar-refractivity contribution is -0.384. The van der Waals surface area contributed by atoms with E-state index in [2.05, 4.69) is 11.0 Å². The summed E-state index contributed by atoms with van der Waals surface area (Å²) in [7, 11) is 0. The number of nitro benzene ring substituents is 1. The number of rotatable bonds is 6. The first-order valence-electron chi connectivity index (χ1n) is 10.5. The van der Waals surface area contributed by atoms with Crippen molar-refractivity contribution >= 4 is 22.8 Å². The van der Waals surface area contributed by atoms with Crippen LogP contribution in [-0.2, 0) is 0 Å². The van der Waals surface area contributed by atoms with Gasteiger partial charge in [0, 0.05) is 23.6 Å². The lowest BCUT2D eigenvalue weighted by Gasteiger charge is -2.22. The molecule has 8 nitrogen and oxygen atoms in total. The molecule has 2 aromatic carbocycles. The van der Waals surface area contributed by atoms with Gasteiger partial charge in [-0.3, -0.25) is 14.9 Å². The van der Waals surface area contributed by atoms with Gasteiger partial charge in [-0.25, -0.2) is 4.98 Å². The van der Waals surface area contributed by atoms with Gasteiger partial charge in [0.2, 0.25) is 0 Å². The summed E-state index contributed by atoms with van der Waals surface area (Å²) in [5.41, 5.74) is 0.599. The fraction of sp³-hybridized carbons (Fsp3) is 0.292. The number of benzene rings is 2. The summed E-state index contributed by atoms with van der Waals surface area (Å²) in [6.45, 7) is 0.00343. The fourth-order valence-corrected chi connectivity index (χ4v) is 4.00. The van der Waals surface area contributed by atoms with E-state index in [9.17, 15) is 14.9 Å². The van der Waals surface area contributed by atoms with Crippen molar-refractivity contribution in [3.63, 3.8) is 0 Å².